The predicted octanol–water partition coefficient (Wildman–Crippen LogP) is 3.67. The van der Waals surface area contributed by atoms with Gasteiger partial charge in [-0.25, -0.2) is 9.37 Å². The summed E-state index contributed by atoms with van der Waals surface area (Å²) in [6, 6.07) is 9.69. The van der Waals surface area contributed by atoms with E-state index in [0.717, 1.165) is 18.4 Å². The summed E-state index contributed by atoms with van der Waals surface area (Å²) in [4.78, 5) is 37.1. The third-order valence-electron chi connectivity index (χ3n) is 6.78. The SMILES string of the molecule is CC1(C(=O)OC2(C(N)=O)CCCC2)COC(c2nc(-c3ccc(F)cc3)c(-c3ccncc3)[nH]2)OC1. The number of rotatable bonds is 6. The Balaban J connectivity index is 1.36. The van der Waals surface area contributed by atoms with Crippen molar-refractivity contribution in [1.82, 2.24) is 15.0 Å². The Kier molecular flexibility index (Phi) is 6.31. The molecule has 0 spiro atoms. The van der Waals surface area contributed by atoms with Crippen molar-refractivity contribution in [3.63, 3.8) is 0 Å². The summed E-state index contributed by atoms with van der Waals surface area (Å²) in [6.07, 6.45) is 4.86. The average molecular weight is 495 g/mol. The Hall–Kier alpha value is -3.63. The van der Waals surface area contributed by atoms with E-state index in [1.54, 1.807) is 31.5 Å². The molecular weight excluding hydrogens is 467 g/mol. The number of aromatic amines is 1. The van der Waals surface area contributed by atoms with E-state index >= 15 is 0 Å². The number of halogens is 1. The molecule has 1 aromatic carbocycles. The van der Waals surface area contributed by atoms with Gasteiger partial charge in [-0.05, 0) is 69.0 Å². The number of imidazole rings is 1. The van der Waals surface area contributed by atoms with Crippen molar-refractivity contribution in [3.8, 4) is 22.5 Å². The molecule has 2 aliphatic rings. The zero-order chi connectivity index (χ0) is 25.3. The third kappa shape index (κ3) is 4.49. The van der Waals surface area contributed by atoms with Crippen LogP contribution in [0.1, 0.15) is 44.7 Å². The van der Waals surface area contributed by atoms with Crippen LogP contribution in [0.5, 0.6) is 0 Å². The van der Waals surface area contributed by atoms with Gasteiger partial charge in [0.2, 0.25) is 6.29 Å². The van der Waals surface area contributed by atoms with Gasteiger partial charge in [-0.1, -0.05) is 0 Å². The van der Waals surface area contributed by atoms with Crippen molar-refractivity contribution in [2.75, 3.05) is 13.2 Å². The van der Waals surface area contributed by atoms with E-state index in [1.165, 1.54) is 12.1 Å². The highest BCUT2D eigenvalue weighted by molar-refractivity contribution is 5.88. The lowest BCUT2D eigenvalue weighted by atomic mass is 9.91. The van der Waals surface area contributed by atoms with Gasteiger partial charge in [0.15, 0.2) is 11.4 Å². The van der Waals surface area contributed by atoms with Crippen LogP contribution in [-0.4, -0.2) is 45.6 Å². The van der Waals surface area contributed by atoms with Crippen LogP contribution in [0, 0.1) is 11.2 Å². The van der Waals surface area contributed by atoms with Crippen LogP contribution in [0.4, 0.5) is 4.39 Å². The first kappa shape index (κ1) is 24.1. The van der Waals surface area contributed by atoms with Crippen molar-refractivity contribution < 1.29 is 28.2 Å². The number of hydrogen-bond donors (Lipinski definition) is 2. The highest BCUT2D eigenvalue weighted by Crippen LogP contribution is 2.39. The largest absolute Gasteiger partial charge is 0.448 e. The van der Waals surface area contributed by atoms with Crippen molar-refractivity contribution in [2.24, 2.45) is 11.1 Å². The lowest BCUT2D eigenvalue weighted by molar-refractivity contribution is -0.243. The van der Waals surface area contributed by atoms with E-state index in [4.69, 9.17) is 24.9 Å². The van der Waals surface area contributed by atoms with E-state index in [2.05, 4.69) is 9.97 Å². The van der Waals surface area contributed by atoms with Crippen LogP contribution in [0.25, 0.3) is 22.5 Å². The number of carbonyl (C=O) groups excluding carboxylic acids is 2. The summed E-state index contributed by atoms with van der Waals surface area (Å²) in [5, 5.41) is 0. The molecule has 1 saturated carbocycles. The molecule has 1 saturated heterocycles. The molecule has 0 bridgehead atoms. The number of carbonyl (C=O) groups is 2. The van der Waals surface area contributed by atoms with Gasteiger partial charge in [0.1, 0.15) is 11.2 Å². The molecule has 0 radical (unpaired) electrons. The molecule has 3 heterocycles. The fourth-order valence-corrected chi connectivity index (χ4v) is 4.58. The van der Waals surface area contributed by atoms with Crippen LogP contribution < -0.4 is 5.73 Å². The van der Waals surface area contributed by atoms with Gasteiger partial charge in [-0.2, -0.15) is 0 Å². The Morgan fingerprint density at radius 2 is 1.69 bits per heavy atom. The van der Waals surface area contributed by atoms with Crippen LogP contribution >= 0.6 is 0 Å². The molecule has 5 rings (SSSR count). The number of H-pyrrole nitrogens is 1. The summed E-state index contributed by atoms with van der Waals surface area (Å²) >= 11 is 0. The second kappa shape index (κ2) is 9.44. The zero-order valence-electron chi connectivity index (χ0n) is 19.8. The fraction of sp³-hybridized carbons (Fsp3) is 0.385. The third-order valence-corrected chi connectivity index (χ3v) is 6.78. The van der Waals surface area contributed by atoms with E-state index in [0.29, 0.717) is 35.6 Å². The first-order valence-corrected chi connectivity index (χ1v) is 11.8. The fourth-order valence-electron chi connectivity index (χ4n) is 4.58. The van der Waals surface area contributed by atoms with Crippen molar-refractivity contribution in [3.05, 3.63) is 60.4 Å². The van der Waals surface area contributed by atoms with Crippen LogP contribution in [-0.2, 0) is 23.8 Å². The number of primary amides is 1. The molecule has 188 valence electrons. The van der Waals surface area contributed by atoms with Crippen LogP contribution in [0.2, 0.25) is 0 Å². The van der Waals surface area contributed by atoms with Gasteiger partial charge in [0.05, 0.1) is 24.6 Å². The molecule has 2 fully saturated rings. The smallest absolute Gasteiger partial charge is 0.317 e. The van der Waals surface area contributed by atoms with Gasteiger partial charge >= 0.3 is 5.97 Å². The Labute approximate surface area is 207 Å². The topological polar surface area (TPSA) is 129 Å². The van der Waals surface area contributed by atoms with Crippen molar-refractivity contribution >= 4 is 11.9 Å². The number of aromatic nitrogens is 3. The second-order valence-electron chi connectivity index (χ2n) is 9.56. The first-order valence-electron chi connectivity index (χ1n) is 11.8. The Morgan fingerprint density at radius 1 is 1.06 bits per heavy atom. The molecule has 36 heavy (non-hydrogen) atoms. The number of amides is 1. The van der Waals surface area contributed by atoms with E-state index in [1.807, 2.05) is 12.1 Å². The van der Waals surface area contributed by atoms with Gasteiger partial charge in [0, 0.05) is 23.5 Å². The van der Waals surface area contributed by atoms with Crippen molar-refractivity contribution in [2.45, 2.75) is 44.5 Å². The quantitative estimate of drug-likeness (QED) is 0.500. The molecule has 1 aliphatic heterocycles. The molecule has 3 aromatic rings. The molecule has 1 aliphatic carbocycles. The first-order chi connectivity index (χ1) is 17.3. The summed E-state index contributed by atoms with van der Waals surface area (Å²) < 4.78 is 31.0. The standard InChI is InChI=1S/C26H27FN4O5/c1-25(24(33)36-26(23(28)32)10-2-3-11-26)14-34-22(35-15-25)21-30-19(16-4-6-18(27)7-5-16)20(31-21)17-8-12-29-13-9-17/h4-9,12-13,22H,2-3,10-11,14-15H2,1H3,(H2,28,32)(H,30,31). The summed E-state index contributed by atoms with van der Waals surface area (Å²) in [7, 11) is 0. The van der Waals surface area contributed by atoms with Crippen LogP contribution in [0.3, 0.4) is 0 Å². The number of esters is 1. The highest BCUT2D eigenvalue weighted by Gasteiger charge is 2.49. The molecule has 9 nitrogen and oxygen atoms in total. The number of ether oxygens (including phenoxy) is 3. The molecule has 2 aromatic heterocycles. The number of hydrogen-bond acceptors (Lipinski definition) is 7. The number of nitrogens with one attached hydrogen (secondary N) is 1. The second-order valence-corrected chi connectivity index (χ2v) is 9.56. The summed E-state index contributed by atoms with van der Waals surface area (Å²) in [5.41, 5.74) is 6.03. The molecule has 1 amide bonds. The lowest BCUT2D eigenvalue weighted by Gasteiger charge is -2.37. The lowest BCUT2D eigenvalue weighted by Crippen LogP contribution is -2.51. The van der Waals surface area contributed by atoms with Gasteiger partial charge in [-0.3, -0.25) is 14.6 Å². The monoisotopic (exact) mass is 494 g/mol. The van der Waals surface area contributed by atoms with E-state index < -0.39 is 29.2 Å². The van der Waals surface area contributed by atoms with E-state index in [9.17, 15) is 14.0 Å². The predicted molar refractivity (Wildman–Crippen MR) is 126 cm³/mol. The summed E-state index contributed by atoms with van der Waals surface area (Å²) in [5.74, 6) is -1.15. The van der Waals surface area contributed by atoms with Gasteiger partial charge in [-0.15, -0.1) is 0 Å². The minimum absolute atomic E-state index is 0.00249. The molecular formula is C26H27FN4O5. The maximum Gasteiger partial charge on any atom is 0.317 e. The Bertz CT molecular complexity index is 1250. The molecule has 0 unspecified atom stereocenters. The molecule has 3 N–H and O–H groups in total. The number of benzene rings is 1. The number of nitrogens with two attached hydrogens (primary N) is 1. The molecule has 0 atom stereocenters. The maximum absolute atomic E-state index is 13.5. The summed E-state index contributed by atoms with van der Waals surface area (Å²) in [6.45, 7) is 1.68. The maximum atomic E-state index is 13.5. The van der Waals surface area contributed by atoms with Gasteiger partial charge < -0.3 is 24.9 Å². The van der Waals surface area contributed by atoms with Gasteiger partial charge in [0.25, 0.3) is 5.91 Å². The number of pyridine rings is 1. The average Bonchev–Trinajstić information content (AvgIpc) is 3.54. The number of nitrogens with zero attached hydrogens (tertiary/aromatic N) is 2. The normalized spacial score (nSPS) is 23.3. The molecule has 10 heteroatoms. The minimum Gasteiger partial charge on any atom is -0.448 e. The zero-order valence-corrected chi connectivity index (χ0v) is 19.8. The minimum atomic E-state index is -1.26. The van der Waals surface area contributed by atoms with Crippen molar-refractivity contribution in [1.29, 1.82) is 0 Å². The van der Waals surface area contributed by atoms with E-state index in [-0.39, 0.29) is 19.0 Å². The Morgan fingerprint density at radius 3 is 2.31 bits per heavy atom. The van der Waals surface area contributed by atoms with Crippen LogP contribution in [0.15, 0.2) is 48.8 Å². The highest BCUT2D eigenvalue weighted by atomic mass is 19.1.